The van der Waals surface area contributed by atoms with Crippen LogP contribution < -0.4 is 11.1 Å². The zero-order valence-electron chi connectivity index (χ0n) is 13.0. The third-order valence-electron chi connectivity index (χ3n) is 3.80. The molecular weight excluding hydrogens is 326 g/mol. The summed E-state index contributed by atoms with van der Waals surface area (Å²) < 4.78 is 5.14. The number of nitrogens with two attached hydrogens (primary N) is 1. The summed E-state index contributed by atoms with van der Waals surface area (Å²) in [6, 6.07) is 15.0. The lowest BCUT2D eigenvalue weighted by atomic mass is 10.1. The second-order valence-corrected chi connectivity index (χ2v) is 6.07. The first-order chi connectivity index (χ1) is 11.6. The van der Waals surface area contributed by atoms with Crippen molar-refractivity contribution in [1.29, 1.82) is 0 Å². The van der Waals surface area contributed by atoms with Crippen molar-refractivity contribution in [3.8, 4) is 0 Å². The van der Waals surface area contributed by atoms with Gasteiger partial charge in [-0.05, 0) is 48.7 Å². The molecule has 3 rings (SSSR count). The summed E-state index contributed by atoms with van der Waals surface area (Å²) in [5.74, 6) is -0.182. The fourth-order valence-corrected chi connectivity index (χ4v) is 2.70. The summed E-state index contributed by atoms with van der Waals surface area (Å²) in [7, 11) is 0. The molecule has 5 nitrogen and oxygen atoms in total. The van der Waals surface area contributed by atoms with Gasteiger partial charge in [-0.2, -0.15) is 0 Å². The Hall–Kier alpha value is -2.53. The van der Waals surface area contributed by atoms with Crippen LogP contribution in [0.1, 0.15) is 22.3 Å². The topological polar surface area (TPSA) is 76.7 Å². The Morgan fingerprint density at radius 1 is 1.29 bits per heavy atom. The Morgan fingerprint density at radius 3 is 2.75 bits per heavy atom. The van der Waals surface area contributed by atoms with Gasteiger partial charge in [-0.1, -0.05) is 29.8 Å². The molecule has 1 aliphatic heterocycles. The van der Waals surface area contributed by atoms with E-state index in [2.05, 4.69) is 10.3 Å². The van der Waals surface area contributed by atoms with E-state index in [1.54, 1.807) is 24.3 Å². The van der Waals surface area contributed by atoms with Crippen molar-refractivity contribution in [2.45, 2.75) is 18.9 Å². The highest BCUT2D eigenvalue weighted by Gasteiger charge is 2.16. The van der Waals surface area contributed by atoms with Gasteiger partial charge in [-0.3, -0.25) is 4.79 Å². The second kappa shape index (κ2) is 7.36. The Kier molecular flexibility index (Phi) is 5.01. The molecule has 0 saturated heterocycles. The summed E-state index contributed by atoms with van der Waals surface area (Å²) in [6.45, 7) is 0.555. The van der Waals surface area contributed by atoms with E-state index >= 15 is 0 Å². The van der Waals surface area contributed by atoms with Crippen molar-refractivity contribution < 1.29 is 9.53 Å². The van der Waals surface area contributed by atoms with Crippen LogP contribution in [0.4, 0.5) is 5.69 Å². The minimum Gasteiger partial charge on any atom is -0.463 e. The number of aryl methyl sites for hydroxylation is 1. The lowest BCUT2D eigenvalue weighted by Gasteiger charge is -2.08. The first-order valence-electron chi connectivity index (χ1n) is 7.72. The van der Waals surface area contributed by atoms with Gasteiger partial charge in [0.05, 0.1) is 6.04 Å². The van der Waals surface area contributed by atoms with E-state index in [0.29, 0.717) is 17.2 Å². The quantitative estimate of drug-likeness (QED) is 0.875. The van der Waals surface area contributed by atoms with Crippen LogP contribution in [-0.2, 0) is 11.2 Å². The number of amides is 1. The van der Waals surface area contributed by atoms with Crippen molar-refractivity contribution in [3.05, 3.63) is 64.7 Å². The van der Waals surface area contributed by atoms with Crippen molar-refractivity contribution in [1.82, 2.24) is 0 Å². The molecule has 24 heavy (non-hydrogen) atoms. The number of ether oxygens (including phenoxy) is 1. The standard InChI is InChI=1S/C18H18ClN3O2/c19-14-3-1-2-13(10-14)17(23)21-15-7-4-12(5-8-15)6-9-16-11-24-18(20)22-16/h1-5,7-8,10,16H,6,9,11H2,(H2,20,22)(H,21,23). The van der Waals surface area contributed by atoms with E-state index in [9.17, 15) is 4.79 Å². The maximum absolute atomic E-state index is 12.2. The number of hydrogen-bond donors (Lipinski definition) is 2. The molecule has 0 radical (unpaired) electrons. The van der Waals surface area contributed by atoms with Crippen LogP contribution in [0.15, 0.2) is 53.5 Å². The molecule has 0 saturated carbocycles. The summed E-state index contributed by atoms with van der Waals surface area (Å²) in [5, 5.41) is 3.40. The maximum Gasteiger partial charge on any atom is 0.282 e. The molecule has 0 bridgehead atoms. The predicted octanol–water partition coefficient (Wildman–Crippen LogP) is 3.24. The third-order valence-corrected chi connectivity index (χ3v) is 4.03. The monoisotopic (exact) mass is 343 g/mol. The fourth-order valence-electron chi connectivity index (χ4n) is 2.50. The van der Waals surface area contributed by atoms with Crippen LogP contribution in [0.25, 0.3) is 0 Å². The molecule has 1 unspecified atom stereocenters. The number of benzene rings is 2. The van der Waals surface area contributed by atoms with Gasteiger partial charge in [0.15, 0.2) is 0 Å². The SMILES string of the molecule is NC1=NC(CCc2ccc(NC(=O)c3cccc(Cl)c3)cc2)CO1. The number of amidine groups is 1. The Morgan fingerprint density at radius 2 is 2.08 bits per heavy atom. The lowest BCUT2D eigenvalue weighted by molar-refractivity contribution is 0.102. The minimum absolute atomic E-state index is 0.132. The molecule has 3 N–H and O–H groups in total. The minimum atomic E-state index is -0.182. The number of carbonyl (C=O) groups excluding carboxylic acids is 1. The summed E-state index contributed by atoms with van der Waals surface area (Å²) in [6.07, 6.45) is 1.77. The summed E-state index contributed by atoms with van der Waals surface area (Å²) in [5.41, 5.74) is 7.95. The molecule has 1 heterocycles. The number of nitrogens with zero attached hydrogens (tertiary/aromatic N) is 1. The average molecular weight is 344 g/mol. The van der Waals surface area contributed by atoms with Crippen LogP contribution in [0, 0.1) is 0 Å². The van der Waals surface area contributed by atoms with Crippen molar-refractivity contribution in [3.63, 3.8) is 0 Å². The van der Waals surface area contributed by atoms with Crippen LogP contribution in [0.3, 0.4) is 0 Å². The average Bonchev–Trinajstić information content (AvgIpc) is 3.00. The van der Waals surface area contributed by atoms with Crippen molar-refractivity contribution >= 4 is 29.2 Å². The van der Waals surface area contributed by atoms with E-state index in [4.69, 9.17) is 22.1 Å². The van der Waals surface area contributed by atoms with Gasteiger partial charge in [0.2, 0.25) is 0 Å². The number of halogens is 1. The first kappa shape index (κ1) is 16.3. The maximum atomic E-state index is 12.2. The highest BCUT2D eigenvalue weighted by Crippen LogP contribution is 2.16. The van der Waals surface area contributed by atoms with Crippen LogP contribution in [0.2, 0.25) is 5.02 Å². The molecule has 2 aromatic carbocycles. The van der Waals surface area contributed by atoms with E-state index in [1.807, 2.05) is 24.3 Å². The van der Waals surface area contributed by atoms with Gasteiger partial charge < -0.3 is 15.8 Å². The fraction of sp³-hybridized carbons (Fsp3) is 0.222. The molecule has 1 aliphatic rings. The van der Waals surface area contributed by atoms with Crippen molar-refractivity contribution in [2.75, 3.05) is 11.9 Å². The zero-order valence-corrected chi connectivity index (χ0v) is 13.8. The molecule has 0 fully saturated rings. The molecule has 2 aromatic rings. The van der Waals surface area contributed by atoms with Gasteiger partial charge in [0.1, 0.15) is 6.61 Å². The van der Waals surface area contributed by atoms with Gasteiger partial charge in [0.25, 0.3) is 11.9 Å². The number of aliphatic imine (C=N–C) groups is 1. The molecule has 0 aromatic heterocycles. The molecular formula is C18H18ClN3O2. The van der Waals surface area contributed by atoms with Gasteiger partial charge in [-0.25, -0.2) is 4.99 Å². The molecule has 0 spiro atoms. The zero-order chi connectivity index (χ0) is 16.9. The Bertz CT molecular complexity index is 759. The second-order valence-electron chi connectivity index (χ2n) is 5.63. The van der Waals surface area contributed by atoms with E-state index in [-0.39, 0.29) is 18.0 Å². The van der Waals surface area contributed by atoms with E-state index < -0.39 is 0 Å². The largest absolute Gasteiger partial charge is 0.463 e. The van der Waals surface area contributed by atoms with Gasteiger partial charge in [0, 0.05) is 16.3 Å². The number of rotatable bonds is 5. The van der Waals surface area contributed by atoms with Gasteiger partial charge >= 0.3 is 0 Å². The number of hydrogen-bond acceptors (Lipinski definition) is 4. The summed E-state index contributed by atoms with van der Waals surface area (Å²) >= 11 is 5.90. The number of anilines is 1. The van der Waals surface area contributed by atoms with Crippen LogP contribution >= 0.6 is 11.6 Å². The molecule has 6 heteroatoms. The van der Waals surface area contributed by atoms with Gasteiger partial charge in [-0.15, -0.1) is 0 Å². The molecule has 0 aliphatic carbocycles. The highest BCUT2D eigenvalue weighted by atomic mass is 35.5. The van der Waals surface area contributed by atoms with Crippen molar-refractivity contribution in [2.24, 2.45) is 10.7 Å². The Labute approximate surface area is 145 Å². The van der Waals surface area contributed by atoms with E-state index in [0.717, 1.165) is 18.5 Å². The molecule has 1 amide bonds. The smallest absolute Gasteiger partial charge is 0.282 e. The third kappa shape index (κ3) is 4.26. The number of carbonyl (C=O) groups is 1. The molecule has 124 valence electrons. The van der Waals surface area contributed by atoms with E-state index in [1.165, 1.54) is 5.56 Å². The normalized spacial score (nSPS) is 16.4. The first-order valence-corrected chi connectivity index (χ1v) is 8.10. The lowest BCUT2D eigenvalue weighted by Crippen LogP contribution is -2.12. The van der Waals surface area contributed by atoms with Crippen LogP contribution in [0.5, 0.6) is 0 Å². The predicted molar refractivity (Wildman–Crippen MR) is 95.5 cm³/mol. The highest BCUT2D eigenvalue weighted by molar-refractivity contribution is 6.31. The van der Waals surface area contributed by atoms with Crippen LogP contribution in [-0.4, -0.2) is 24.6 Å². The number of nitrogens with one attached hydrogen (secondary N) is 1. The Balaban J connectivity index is 1.55. The molecule has 1 atom stereocenters. The summed E-state index contributed by atoms with van der Waals surface area (Å²) in [4.78, 5) is 16.4.